The smallest absolute Gasteiger partial charge is 0.726 e. The number of ketones is 2. The zero-order valence-electron chi connectivity index (χ0n) is 18.1. The van der Waals surface area contributed by atoms with E-state index in [4.69, 9.17) is 4.74 Å². The number of aromatic hydroxyl groups is 2. The van der Waals surface area contributed by atoms with Gasteiger partial charge in [0.1, 0.15) is 21.7 Å². The molecule has 34 heavy (non-hydrogen) atoms. The minimum atomic E-state index is -4.99. The third kappa shape index (κ3) is 5.42. The van der Waals surface area contributed by atoms with Crippen molar-refractivity contribution in [1.29, 1.82) is 0 Å². The van der Waals surface area contributed by atoms with Gasteiger partial charge in [0.2, 0.25) is 16.2 Å². The number of rotatable bonds is 7. The Morgan fingerprint density at radius 2 is 1.62 bits per heavy atom. The third-order valence-corrected chi connectivity index (χ3v) is 7.97. The number of hydrogen-bond donors (Lipinski definition) is 2. The van der Waals surface area contributed by atoms with Gasteiger partial charge in [-0.1, -0.05) is 13.3 Å². The molecule has 3 rings (SSSR count). The van der Waals surface area contributed by atoms with Crippen molar-refractivity contribution >= 4 is 69.8 Å². The monoisotopic (exact) mass is 692 g/mol. The van der Waals surface area contributed by atoms with E-state index in [-0.39, 0.29) is 95.1 Å². The van der Waals surface area contributed by atoms with Crippen molar-refractivity contribution in [2.45, 2.75) is 32.3 Å². The van der Waals surface area contributed by atoms with E-state index in [2.05, 4.69) is 52.0 Å². The maximum absolute atomic E-state index is 13.4. The Bertz CT molecular complexity index is 1300. The summed E-state index contributed by atoms with van der Waals surface area (Å²) in [6.45, 7) is 1.77. The molecular weight excluding hydrogens is 679 g/mol. The molecule has 0 bridgehead atoms. The average Bonchev–Trinajstić information content (AvgIpc) is 2.72. The van der Waals surface area contributed by atoms with Crippen molar-refractivity contribution in [2.24, 2.45) is 0 Å². The maximum atomic E-state index is 13.4. The second-order valence-electron chi connectivity index (χ2n) is 7.16. The van der Waals surface area contributed by atoms with Crippen LogP contribution in [0.15, 0.2) is 19.5 Å². The van der Waals surface area contributed by atoms with Crippen LogP contribution >= 0.6 is 47.8 Å². The Balaban J connectivity index is 0.00000408. The minimum Gasteiger partial charge on any atom is -0.726 e. The molecule has 9 nitrogen and oxygen atoms in total. The van der Waals surface area contributed by atoms with Gasteiger partial charge in [0, 0.05) is 12.0 Å². The van der Waals surface area contributed by atoms with E-state index in [0.29, 0.717) is 6.42 Å². The molecule has 1 unspecified atom stereocenters. The van der Waals surface area contributed by atoms with Crippen molar-refractivity contribution in [2.75, 3.05) is 7.11 Å². The molecule has 2 aromatic rings. The molecule has 0 amide bonds. The average molecular weight is 695 g/mol. The number of carbonyl (C=O) groups is 2. The van der Waals surface area contributed by atoms with Gasteiger partial charge in [0.05, 0.1) is 38.8 Å². The topological polar surface area (TPSA) is 150 Å². The molecule has 1 aliphatic rings. The SMILES string of the molecule is CCCC(Cc1cc2c(c(O)c1Br)C(=O)c1c(OC)c(Br)c(O)c(Br)c1C2=O)OS(=O)(=O)[O-].[Na+]. The largest absolute Gasteiger partial charge is 1.00 e. The minimum absolute atomic E-state index is 0. The van der Waals surface area contributed by atoms with Crippen molar-refractivity contribution in [3.05, 3.63) is 47.3 Å². The van der Waals surface area contributed by atoms with E-state index in [1.54, 1.807) is 6.92 Å². The van der Waals surface area contributed by atoms with Crippen LogP contribution < -0.4 is 34.3 Å². The van der Waals surface area contributed by atoms with Crippen LogP contribution in [0, 0.1) is 0 Å². The number of ether oxygens (including phenoxy) is 1. The van der Waals surface area contributed by atoms with E-state index in [1.165, 1.54) is 13.2 Å². The van der Waals surface area contributed by atoms with Crippen LogP contribution in [-0.4, -0.2) is 48.0 Å². The number of fused-ring (bicyclic) bond motifs is 2. The first kappa shape index (κ1) is 29.7. The predicted molar refractivity (Wildman–Crippen MR) is 126 cm³/mol. The molecule has 0 spiro atoms. The van der Waals surface area contributed by atoms with E-state index in [1.807, 2.05) is 0 Å². The molecule has 0 aliphatic heterocycles. The summed E-state index contributed by atoms with van der Waals surface area (Å²) < 4.78 is 43.2. The van der Waals surface area contributed by atoms with Gasteiger partial charge in [0.15, 0.2) is 5.78 Å². The van der Waals surface area contributed by atoms with Crippen LogP contribution in [0.1, 0.15) is 57.2 Å². The first-order valence-electron chi connectivity index (χ1n) is 9.39. The number of phenols is 2. The maximum Gasteiger partial charge on any atom is 1.00 e. The zero-order chi connectivity index (χ0) is 24.8. The first-order chi connectivity index (χ1) is 15.3. The molecule has 2 N–H and O–H groups in total. The molecule has 14 heteroatoms. The second kappa shape index (κ2) is 11.3. The molecule has 0 radical (unpaired) electrons. The quantitative estimate of drug-likeness (QED) is 0.212. The van der Waals surface area contributed by atoms with Crippen LogP contribution in [0.3, 0.4) is 0 Å². The molecule has 0 fully saturated rings. The summed E-state index contributed by atoms with van der Waals surface area (Å²) in [5.41, 5.74) is -0.488. The standard InChI is InChI=1S/C20H17Br3O9S.Na/c1-3-4-8(32-33(28,29)30)5-7-6-9-10(18(26)13(7)21)17(25)12-11(16(9)24)14(22)19(27)15(23)20(12)31-2;/h6,8,26-27H,3-5H2,1-2H3,(H,28,29,30);/q;+1/p-1. The van der Waals surface area contributed by atoms with Gasteiger partial charge in [0.25, 0.3) is 0 Å². The second-order valence-corrected chi connectivity index (χ2v) is 10.5. The Kier molecular flexibility index (Phi) is 9.84. The number of methoxy groups -OCH3 is 1. The molecule has 0 aromatic heterocycles. The normalized spacial score (nSPS) is 13.7. The summed E-state index contributed by atoms with van der Waals surface area (Å²) in [4.78, 5) is 26.8. The molecule has 2 aromatic carbocycles. The Morgan fingerprint density at radius 1 is 1.00 bits per heavy atom. The third-order valence-electron chi connectivity index (χ3n) is 5.07. The van der Waals surface area contributed by atoms with E-state index >= 15 is 0 Å². The van der Waals surface area contributed by atoms with Gasteiger partial charge >= 0.3 is 29.6 Å². The molecule has 1 atom stereocenters. The molecular formula is C20H16Br3NaO9S. The summed E-state index contributed by atoms with van der Waals surface area (Å²) in [6.07, 6.45) is -0.465. The van der Waals surface area contributed by atoms with Crippen molar-refractivity contribution in [3.8, 4) is 17.2 Å². The van der Waals surface area contributed by atoms with Gasteiger partial charge in [-0.05, 0) is 65.8 Å². The van der Waals surface area contributed by atoms with Gasteiger partial charge in [-0.25, -0.2) is 8.42 Å². The van der Waals surface area contributed by atoms with Crippen LogP contribution in [0.2, 0.25) is 0 Å². The molecule has 1 aliphatic carbocycles. The van der Waals surface area contributed by atoms with Crippen LogP contribution in [-0.2, 0) is 21.0 Å². The summed E-state index contributed by atoms with van der Waals surface area (Å²) in [5, 5.41) is 21.2. The molecule has 0 heterocycles. The van der Waals surface area contributed by atoms with Crippen LogP contribution in [0.4, 0.5) is 0 Å². The first-order valence-corrected chi connectivity index (χ1v) is 13.1. The zero-order valence-corrected chi connectivity index (χ0v) is 25.6. The number of carbonyl (C=O) groups excluding carboxylic acids is 2. The van der Waals surface area contributed by atoms with E-state index < -0.39 is 33.8 Å². The predicted octanol–water partition coefficient (Wildman–Crippen LogP) is 1.36. The van der Waals surface area contributed by atoms with Crippen molar-refractivity contribution in [3.63, 3.8) is 0 Å². The van der Waals surface area contributed by atoms with Crippen molar-refractivity contribution < 1.29 is 71.2 Å². The van der Waals surface area contributed by atoms with Crippen molar-refractivity contribution in [1.82, 2.24) is 0 Å². The summed E-state index contributed by atoms with van der Waals surface area (Å²) in [5.74, 6) is -2.36. The van der Waals surface area contributed by atoms with Gasteiger partial charge in [-0.15, -0.1) is 0 Å². The summed E-state index contributed by atoms with van der Waals surface area (Å²) in [7, 11) is -3.73. The summed E-state index contributed by atoms with van der Waals surface area (Å²) in [6, 6.07) is 1.32. The Hall–Kier alpha value is -0.510. The molecule has 0 saturated carbocycles. The number of halogens is 3. The fourth-order valence-corrected chi connectivity index (χ4v) is 6.08. The number of phenolic OH excluding ortho intramolecular Hbond substituents is 2. The van der Waals surface area contributed by atoms with Crippen LogP contribution in [0.5, 0.6) is 17.2 Å². The van der Waals surface area contributed by atoms with Crippen LogP contribution in [0.25, 0.3) is 0 Å². The fraction of sp³-hybridized carbons (Fsp3) is 0.300. The molecule has 0 saturated heterocycles. The molecule has 178 valence electrons. The van der Waals surface area contributed by atoms with Gasteiger partial charge < -0.3 is 19.5 Å². The van der Waals surface area contributed by atoms with Gasteiger partial charge in [-0.2, -0.15) is 0 Å². The summed E-state index contributed by atoms with van der Waals surface area (Å²) >= 11 is 9.48. The van der Waals surface area contributed by atoms with Gasteiger partial charge in [-0.3, -0.25) is 13.8 Å². The van der Waals surface area contributed by atoms with E-state index in [9.17, 15) is 32.8 Å². The Labute approximate surface area is 242 Å². The number of hydrogen-bond acceptors (Lipinski definition) is 9. The number of benzene rings is 2. The fourth-order valence-electron chi connectivity index (χ4n) is 3.71. The van der Waals surface area contributed by atoms with E-state index in [0.717, 1.165) is 0 Å². The Morgan fingerprint density at radius 3 is 2.15 bits per heavy atom.